The van der Waals surface area contributed by atoms with Gasteiger partial charge in [0, 0.05) is 29.5 Å². The molecule has 2 aliphatic carbocycles. The van der Waals surface area contributed by atoms with Gasteiger partial charge in [0.25, 0.3) is 0 Å². The number of carbonyl (C=O) groups is 1. The molecule has 3 atom stereocenters. The van der Waals surface area contributed by atoms with E-state index in [1.54, 1.807) is 4.31 Å². The van der Waals surface area contributed by atoms with Gasteiger partial charge in [-0.2, -0.15) is 0 Å². The molecule has 1 saturated heterocycles. The molecule has 0 radical (unpaired) electrons. The minimum atomic E-state index is -3.35. The van der Waals surface area contributed by atoms with Crippen LogP contribution >= 0.6 is 15.9 Å². The van der Waals surface area contributed by atoms with E-state index < -0.39 is 10.0 Å². The van der Waals surface area contributed by atoms with Crippen molar-refractivity contribution < 1.29 is 13.2 Å². The van der Waals surface area contributed by atoms with Crippen molar-refractivity contribution in [2.75, 3.05) is 13.1 Å². The van der Waals surface area contributed by atoms with Crippen LogP contribution in [0.4, 0.5) is 0 Å². The Morgan fingerprint density at radius 1 is 1.15 bits per heavy atom. The van der Waals surface area contributed by atoms with Crippen molar-refractivity contribution >= 4 is 31.9 Å². The first-order chi connectivity index (χ1) is 12.9. The molecular weight excluding hydrogens is 428 g/mol. The molecular formula is C20H27BrN2O3S. The van der Waals surface area contributed by atoms with Gasteiger partial charge in [-0.25, -0.2) is 12.7 Å². The lowest BCUT2D eigenvalue weighted by Gasteiger charge is -2.32. The fourth-order valence-electron chi connectivity index (χ4n) is 5.05. The zero-order valence-corrected chi connectivity index (χ0v) is 17.8. The summed E-state index contributed by atoms with van der Waals surface area (Å²) in [6.45, 7) is 0.871. The van der Waals surface area contributed by atoms with Crippen molar-refractivity contribution in [3.63, 3.8) is 0 Å². The van der Waals surface area contributed by atoms with E-state index in [-0.39, 0.29) is 17.6 Å². The zero-order chi connectivity index (χ0) is 19.0. The molecule has 1 N–H and O–H groups in total. The third-order valence-electron chi connectivity index (χ3n) is 6.52. The average molecular weight is 455 g/mol. The lowest BCUT2D eigenvalue weighted by molar-refractivity contribution is -0.127. The maximum atomic E-state index is 12.7. The van der Waals surface area contributed by atoms with E-state index in [1.807, 2.05) is 24.3 Å². The highest BCUT2D eigenvalue weighted by Crippen LogP contribution is 2.44. The molecule has 1 aliphatic heterocycles. The predicted octanol–water partition coefficient (Wildman–Crippen LogP) is 3.30. The fourth-order valence-corrected chi connectivity index (χ4v) is 7.04. The van der Waals surface area contributed by atoms with Gasteiger partial charge in [0.1, 0.15) is 0 Å². The summed E-state index contributed by atoms with van der Waals surface area (Å²) in [5, 5.41) is 3.27. The van der Waals surface area contributed by atoms with Gasteiger partial charge in [0.05, 0.1) is 5.75 Å². The molecule has 3 aliphatic rings. The molecule has 0 aromatic heterocycles. The molecule has 148 valence electrons. The number of hydrogen-bond acceptors (Lipinski definition) is 3. The van der Waals surface area contributed by atoms with Gasteiger partial charge in [0.2, 0.25) is 15.9 Å². The lowest BCUT2D eigenvalue weighted by atomic mass is 9.93. The molecule has 3 fully saturated rings. The number of rotatable bonds is 5. The quantitative estimate of drug-likeness (QED) is 0.741. The molecule has 0 unspecified atom stereocenters. The van der Waals surface area contributed by atoms with Crippen molar-refractivity contribution in [3.05, 3.63) is 34.3 Å². The van der Waals surface area contributed by atoms with Crippen LogP contribution in [0.5, 0.6) is 0 Å². The summed E-state index contributed by atoms with van der Waals surface area (Å²) >= 11 is 3.38. The number of amides is 1. The monoisotopic (exact) mass is 454 g/mol. The van der Waals surface area contributed by atoms with E-state index in [2.05, 4.69) is 21.2 Å². The molecule has 1 aromatic rings. The van der Waals surface area contributed by atoms with Crippen LogP contribution in [0, 0.1) is 17.8 Å². The van der Waals surface area contributed by atoms with Gasteiger partial charge in [0.15, 0.2) is 0 Å². The Kier molecular flexibility index (Phi) is 5.63. The molecule has 1 amide bonds. The summed E-state index contributed by atoms with van der Waals surface area (Å²) in [4.78, 5) is 12.6. The molecule has 0 spiro atoms. The average Bonchev–Trinajstić information content (AvgIpc) is 3.24. The lowest BCUT2D eigenvalue weighted by Crippen LogP contribution is -2.46. The summed E-state index contributed by atoms with van der Waals surface area (Å²) in [6, 6.07) is 7.76. The fraction of sp³-hybridized carbons (Fsp3) is 0.650. The molecule has 1 heterocycles. The Balaban J connectivity index is 1.29. The van der Waals surface area contributed by atoms with Gasteiger partial charge in [-0.15, -0.1) is 0 Å². The second-order valence-electron chi connectivity index (χ2n) is 8.35. The van der Waals surface area contributed by atoms with Gasteiger partial charge < -0.3 is 5.32 Å². The van der Waals surface area contributed by atoms with E-state index in [0.717, 1.165) is 22.4 Å². The number of piperidine rings is 1. The first-order valence-electron chi connectivity index (χ1n) is 9.93. The van der Waals surface area contributed by atoms with E-state index in [9.17, 15) is 13.2 Å². The van der Waals surface area contributed by atoms with Crippen LogP contribution in [0.2, 0.25) is 0 Å². The number of sulfonamides is 1. The third kappa shape index (κ3) is 4.40. The van der Waals surface area contributed by atoms with Crippen molar-refractivity contribution in [1.82, 2.24) is 9.62 Å². The van der Waals surface area contributed by atoms with Gasteiger partial charge in [-0.05, 0) is 61.6 Å². The maximum Gasteiger partial charge on any atom is 0.223 e. The SMILES string of the molecule is O=C(N[C@@H]1C[C@@H]2CC[C@@H]1C2)C1CCN(S(=O)(=O)Cc2cccc(Br)c2)CC1. The highest BCUT2D eigenvalue weighted by molar-refractivity contribution is 9.10. The first-order valence-corrected chi connectivity index (χ1v) is 12.3. The highest BCUT2D eigenvalue weighted by atomic mass is 79.9. The van der Waals surface area contributed by atoms with Crippen LogP contribution in [-0.4, -0.2) is 37.8 Å². The minimum absolute atomic E-state index is 0.00838. The molecule has 5 nitrogen and oxygen atoms in total. The number of nitrogens with one attached hydrogen (secondary N) is 1. The summed E-state index contributed by atoms with van der Waals surface area (Å²) in [5.74, 6) is 1.57. The summed E-state index contributed by atoms with van der Waals surface area (Å²) in [7, 11) is -3.35. The van der Waals surface area contributed by atoms with E-state index in [0.29, 0.717) is 37.9 Å². The van der Waals surface area contributed by atoms with Crippen molar-refractivity contribution in [3.8, 4) is 0 Å². The van der Waals surface area contributed by atoms with Crippen LogP contribution in [0.25, 0.3) is 0 Å². The molecule has 27 heavy (non-hydrogen) atoms. The van der Waals surface area contributed by atoms with Crippen LogP contribution in [-0.2, 0) is 20.6 Å². The number of halogens is 1. The summed E-state index contributed by atoms with van der Waals surface area (Å²) in [6.07, 6.45) is 6.22. The Hall–Kier alpha value is -0.920. The topological polar surface area (TPSA) is 66.5 Å². The van der Waals surface area contributed by atoms with E-state index in [4.69, 9.17) is 0 Å². The van der Waals surface area contributed by atoms with Crippen molar-refractivity contribution in [1.29, 1.82) is 0 Å². The predicted molar refractivity (Wildman–Crippen MR) is 108 cm³/mol. The number of nitrogens with zero attached hydrogens (tertiary/aromatic N) is 1. The van der Waals surface area contributed by atoms with Crippen LogP contribution in [0.1, 0.15) is 44.1 Å². The van der Waals surface area contributed by atoms with Gasteiger partial charge >= 0.3 is 0 Å². The van der Waals surface area contributed by atoms with Crippen molar-refractivity contribution in [2.24, 2.45) is 17.8 Å². The Bertz CT molecular complexity index is 805. The van der Waals surface area contributed by atoms with Crippen LogP contribution in [0.3, 0.4) is 0 Å². The molecule has 7 heteroatoms. The van der Waals surface area contributed by atoms with E-state index in [1.165, 1.54) is 19.3 Å². The maximum absolute atomic E-state index is 12.7. The number of hydrogen-bond donors (Lipinski definition) is 1. The minimum Gasteiger partial charge on any atom is -0.353 e. The highest BCUT2D eigenvalue weighted by Gasteiger charge is 2.41. The van der Waals surface area contributed by atoms with Crippen LogP contribution < -0.4 is 5.32 Å². The van der Waals surface area contributed by atoms with Crippen molar-refractivity contribution in [2.45, 2.75) is 50.3 Å². The smallest absolute Gasteiger partial charge is 0.223 e. The summed E-state index contributed by atoms with van der Waals surface area (Å²) in [5.41, 5.74) is 0.778. The Labute approximate surface area is 170 Å². The summed E-state index contributed by atoms with van der Waals surface area (Å²) < 4.78 is 27.9. The molecule has 2 saturated carbocycles. The molecule has 2 bridgehead atoms. The normalized spacial score (nSPS) is 29.1. The first kappa shape index (κ1) is 19.4. The second kappa shape index (κ2) is 7.84. The largest absolute Gasteiger partial charge is 0.353 e. The number of carbonyl (C=O) groups excluding carboxylic acids is 1. The Morgan fingerprint density at radius 2 is 1.93 bits per heavy atom. The second-order valence-corrected chi connectivity index (χ2v) is 11.2. The molecule has 4 rings (SSSR count). The standard InChI is InChI=1S/C20H27BrN2O3S/c21-18-3-1-2-15(11-18)13-27(25,26)23-8-6-16(7-9-23)20(24)22-19-12-14-4-5-17(19)10-14/h1-3,11,14,16-17,19H,4-10,12-13H2,(H,22,24)/t14-,17-,19-/m1/s1. The third-order valence-corrected chi connectivity index (χ3v) is 8.87. The number of benzene rings is 1. The van der Waals surface area contributed by atoms with Gasteiger partial charge in [-0.3, -0.25) is 4.79 Å². The molecule has 1 aromatic carbocycles. The number of fused-ring (bicyclic) bond motifs is 2. The van der Waals surface area contributed by atoms with Crippen LogP contribution in [0.15, 0.2) is 28.7 Å². The van der Waals surface area contributed by atoms with Gasteiger partial charge in [-0.1, -0.05) is 34.5 Å². The van der Waals surface area contributed by atoms with E-state index >= 15 is 0 Å². The Morgan fingerprint density at radius 3 is 2.56 bits per heavy atom. The zero-order valence-electron chi connectivity index (χ0n) is 15.4.